The number of carbonyl (C=O) groups is 1. The summed E-state index contributed by atoms with van der Waals surface area (Å²) in [5, 5.41) is 8.08. The van der Waals surface area contributed by atoms with Crippen LogP contribution in [-0.4, -0.2) is 53.8 Å². The first-order valence-electron chi connectivity index (χ1n) is 7.59. The predicted molar refractivity (Wildman–Crippen MR) is 81.8 cm³/mol. The van der Waals surface area contributed by atoms with E-state index in [4.69, 9.17) is 4.52 Å². The molecule has 0 aromatic carbocycles. The molecule has 3 aromatic rings. The van der Waals surface area contributed by atoms with Gasteiger partial charge in [0.15, 0.2) is 5.82 Å². The van der Waals surface area contributed by atoms with E-state index < -0.39 is 0 Å². The first kappa shape index (κ1) is 14.5. The maximum atomic E-state index is 12.5. The number of amides is 1. The fourth-order valence-corrected chi connectivity index (χ4v) is 2.82. The number of aromatic nitrogens is 6. The molecule has 0 aliphatic carbocycles. The highest BCUT2D eigenvalue weighted by molar-refractivity contribution is 5.92. The normalized spacial score (nSPS) is 17.4. The lowest BCUT2D eigenvalue weighted by molar-refractivity contribution is 0.0779. The zero-order valence-electron chi connectivity index (χ0n) is 13.0. The smallest absolute Gasteiger partial charge is 0.278 e. The number of likely N-dealkylation sites (tertiary alicyclic amines) is 1. The molecule has 0 bridgehead atoms. The molecular formula is C15H15N7O2. The van der Waals surface area contributed by atoms with E-state index in [9.17, 15) is 4.79 Å². The molecule has 0 saturated carbocycles. The SMILES string of the molecule is Cn1nccc1C(=O)N1CCC(c2noc(-c3cnccn3)n2)C1. The minimum atomic E-state index is -0.0323. The van der Waals surface area contributed by atoms with Gasteiger partial charge in [0, 0.05) is 44.6 Å². The molecule has 9 heteroatoms. The molecule has 1 unspecified atom stereocenters. The van der Waals surface area contributed by atoms with Gasteiger partial charge in [-0.25, -0.2) is 4.98 Å². The topological polar surface area (TPSA) is 103 Å². The minimum absolute atomic E-state index is 0.0323. The fraction of sp³-hybridized carbons (Fsp3) is 0.333. The lowest BCUT2D eigenvalue weighted by Crippen LogP contribution is -2.30. The average Bonchev–Trinajstić information content (AvgIpc) is 3.35. The highest BCUT2D eigenvalue weighted by Gasteiger charge is 2.32. The molecule has 1 saturated heterocycles. The first-order chi connectivity index (χ1) is 11.7. The Morgan fingerprint density at radius 1 is 1.33 bits per heavy atom. The standard InChI is InChI=1S/C15H15N7O2/c1-21-12(2-4-18-21)15(23)22-7-3-10(9-22)13-19-14(24-20-13)11-8-16-5-6-17-11/h2,4-6,8,10H,3,7,9H2,1H3. The van der Waals surface area contributed by atoms with E-state index in [1.807, 2.05) is 0 Å². The molecule has 0 N–H and O–H groups in total. The van der Waals surface area contributed by atoms with Crippen LogP contribution in [-0.2, 0) is 7.05 Å². The molecule has 0 radical (unpaired) electrons. The van der Waals surface area contributed by atoms with Gasteiger partial charge in [-0.2, -0.15) is 10.1 Å². The van der Waals surface area contributed by atoms with E-state index >= 15 is 0 Å². The second-order valence-electron chi connectivity index (χ2n) is 5.63. The first-order valence-corrected chi connectivity index (χ1v) is 7.59. The van der Waals surface area contributed by atoms with Crippen LogP contribution in [0.25, 0.3) is 11.6 Å². The van der Waals surface area contributed by atoms with Gasteiger partial charge in [0.25, 0.3) is 11.8 Å². The lowest BCUT2D eigenvalue weighted by Gasteiger charge is -2.15. The minimum Gasteiger partial charge on any atom is -0.337 e. The summed E-state index contributed by atoms with van der Waals surface area (Å²) in [6.45, 7) is 1.22. The number of aryl methyl sites for hydroxylation is 1. The third-order valence-electron chi connectivity index (χ3n) is 4.10. The van der Waals surface area contributed by atoms with Crippen LogP contribution >= 0.6 is 0 Å². The number of rotatable bonds is 3. The summed E-state index contributed by atoms with van der Waals surface area (Å²) in [4.78, 5) is 26.8. The molecule has 1 aliphatic rings. The van der Waals surface area contributed by atoms with Gasteiger partial charge in [0.05, 0.1) is 6.20 Å². The molecule has 122 valence electrons. The van der Waals surface area contributed by atoms with Crippen LogP contribution in [0.3, 0.4) is 0 Å². The molecule has 1 amide bonds. The number of nitrogens with zero attached hydrogens (tertiary/aromatic N) is 7. The Balaban J connectivity index is 1.49. The Morgan fingerprint density at radius 2 is 2.25 bits per heavy atom. The summed E-state index contributed by atoms with van der Waals surface area (Å²) < 4.78 is 6.85. The molecular weight excluding hydrogens is 310 g/mol. The van der Waals surface area contributed by atoms with Gasteiger partial charge in [-0.15, -0.1) is 0 Å². The van der Waals surface area contributed by atoms with Crippen molar-refractivity contribution >= 4 is 5.91 Å². The van der Waals surface area contributed by atoms with Crippen molar-refractivity contribution in [1.29, 1.82) is 0 Å². The highest BCUT2D eigenvalue weighted by atomic mass is 16.5. The van der Waals surface area contributed by atoms with E-state index in [2.05, 4.69) is 25.2 Å². The molecule has 1 fully saturated rings. The van der Waals surface area contributed by atoms with Crippen molar-refractivity contribution in [3.8, 4) is 11.6 Å². The summed E-state index contributed by atoms with van der Waals surface area (Å²) in [6.07, 6.45) is 7.14. The average molecular weight is 325 g/mol. The summed E-state index contributed by atoms with van der Waals surface area (Å²) >= 11 is 0. The van der Waals surface area contributed by atoms with Gasteiger partial charge < -0.3 is 9.42 Å². The molecule has 1 aliphatic heterocycles. The summed E-state index contributed by atoms with van der Waals surface area (Å²) in [5.41, 5.74) is 1.11. The monoisotopic (exact) mass is 325 g/mol. The molecule has 9 nitrogen and oxygen atoms in total. The van der Waals surface area contributed by atoms with Gasteiger partial charge in [-0.05, 0) is 12.5 Å². The van der Waals surface area contributed by atoms with Gasteiger partial charge in [-0.1, -0.05) is 5.16 Å². The van der Waals surface area contributed by atoms with Gasteiger partial charge in [-0.3, -0.25) is 14.5 Å². The van der Waals surface area contributed by atoms with Crippen molar-refractivity contribution in [2.45, 2.75) is 12.3 Å². The largest absolute Gasteiger partial charge is 0.337 e. The van der Waals surface area contributed by atoms with Crippen molar-refractivity contribution in [3.63, 3.8) is 0 Å². The predicted octanol–water partition coefficient (Wildman–Crippen LogP) is 0.890. The van der Waals surface area contributed by atoms with Crippen molar-refractivity contribution in [2.75, 3.05) is 13.1 Å². The van der Waals surface area contributed by atoms with Crippen molar-refractivity contribution < 1.29 is 9.32 Å². The Kier molecular flexibility index (Phi) is 3.52. The zero-order chi connectivity index (χ0) is 16.5. The van der Waals surface area contributed by atoms with Crippen LogP contribution < -0.4 is 0 Å². The van der Waals surface area contributed by atoms with Crippen molar-refractivity contribution in [3.05, 3.63) is 42.4 Å². The van der Waals surface area contributed by atoms with Crippen LogP contribution in [0.1, 0.15) is 28.7 Å². The van der Waals surface area contributed by atoms with Gasteiger partial charge in [0.2, 0.25) is 0 Å². The van der Waals surface area contributed by atoms with Crippen LogP contribution in [0.4, 0.5) is 0 Å². The molecule has 0 spiro atoms. The summed E-state index contributed by atoms with van der Waals surface area (Å²) in [6, 6.07) is 1.72. The van der Waals surface area contributed by atoms with Gasteiger partial charge in [0.1, 0.15) is 11.4 Å². The molecule has 3 aromatic heterocycles. The van der Waals surface area contributed by atoms with Crippen molar-refractivity contribution in [1.82, 2.24) is 34.8 Å². The second kappa shape index (κ2) is 5.84. The van der Waals surface area contributed by atoms with E-state index in [1.165, 1.54) is 0 Å². The second-order valence-corrected chi connectivity index (χ2v) is 5.63. The molecule has 24 heavy (non-hydrogen) atoms. The van der Waals surface area contributed by atoms with Crippen LogP contribution in [0.2, 0.25) is 0 Å². The number of hydrogen-bond acceptors (Lipinski definition) is 7. The molecule has 4 rings (SSSR count). The van der Waals surface area contributed by atoms with Gasteiger partial charge >= 0.3 is 0 Å². The summed E-state index contributed by atoms with van der Waals surface area (Å²) in [7, 11) is 1.76. The summed E-state index contributed by atoms with van der Waals surface area (Å²) in [5.74, 6) is 0.956. The Morgan fingerprint density at radius 3 is 3.00 bits per heavy atom. The van der Waals surface area contributed by atoms with E-state index in [0.717, 1.165) is 6.42 Å². The number of carbonyl (C=O) groups excluding carboxylic acids is 1. The molecule has 4 heterocycles. The number of hydrogen-bond donors (Lipinski definition) is 0. The van der Waals surface area contributed by atoms with Crippen LogP contribution in [0.15, 0.2) is 35.4 Å². The fourth-order valence-electron chi connectivity index (χ4n) is 2.82. The Labute approximate surface area is 137 Å². The Hall–Kier alpha value is -3.10. The molecule has 1 atom stereocenters. The van der Waals surface area contributed by atoms with E-state index in [1.54, 1.807) is 47.5 Å². The quantitative estimate of drug-likeness (QED) is 0.704. The highest BCUT2D eigenvalue weighted by Crippen LogP contribution is 2.27. The van der Waals surface area contributed by atoms with E-state index in [0.29, 0.717) is 36.2 Å². The third-order valence-corrected chi connectivity index (χ3v) is 4.10. The van der Waals surface area contributed by atoms with Crippen molar-refractivity contribution in [2.24, 2.45) is 7.05 Å². The third kappa shape index (κ3) is 2.53. The van der Waals surface area contributed by atoms with Crippen LogP contribution in [0, 0.1) is 0 Å². The lowest BCUT2D eigenvalue weighted by atomic mass is 10.1. The Bertz CT molecular complexity index is 858. The maximum absolute atomic E-state index is 12.5. The maximum Gasteiger partial charge on any atom is 0.278 e. The van der Waals surface area contributed by atoms with Crippen LogP contribution in [0.5, 0.6) is 0 Å². The van der Waals surface area contributed by atoms with E-state index in [-0.39, 0.29) is 11.8 Å². The zero-order valence-corrected chi connectivity index (χ0v) is 13.0.